The maximum Gasteiger partial charge on any atom is 0.262 e. The molecule has 0 saturated carbocycles. The summed E-state index contributed by atoms with van der Waals surface area (Å²) in [5.41, 5.74) is 2.27. The van der Waals surface area contributed by atoms with Crippen LogP contribution in [-0.4, -0.2) is 27.6 Å². The van der Waals surface area contributed by atoms with E-state index in [-0.39, 0.29) is 18.3 Å². The number of rotatable bonds is 7. The second-order valence-electron chi connectivity index (χ2n) is 6.53. The number of nitrogens with zero attached hydrogens (tertiary/aromatic N) is 2. The minimum Gasteiger partial charge on any atom is -0.508 e. The van der Waals surface area contributed by atoms with Gasteiger partial charge in [0.2, 0.25) is 0 Å². The molecule has 0 spiro atoms. The Balaban J connectivity index is 1.60. The molecule has 28 heavy (non-hydrogen) atoms. The van der Waals surface area contributed by atoms with Gasteiger partial charge in [-0.1, -0.05) is 44.2 Å². The molecule has 0 aliphatic rings. The van der Waals surface area contributed by atoms with Crippen molar-refractivity contribution in [3.05, 3.63) is 66.5 Å². The van der Waals surface area contributed by atoms with Gasteiger partial charge in [0.25, 0.3) is 5.91 Å². The fraction of sp³-hybridized carbons (Fsp3) is 0.227. The third kappa shape index (κ3) is 4.85. The van der Waals surface area contributed by atoms with Crippen LogP contribution in [0.3, 0.4) is 0 Å². The van der Waals surface area contributed by atoms with Gasteiger partial charge in [0.05, 0.1) is 18.1 Å². The number of ether oxygens (including phenoxy) is 1. The van der Waals surface area contributed by atoms with Gasteiger partial charge in [-0.25, -0.2) is 9.97 Å². The van der Waals surface area contributed by atoms with E-state index in [9.17, 15) is 9.90 Å². The van der Waals surface area contributed by atoms with Crippen molar-refractivity contribution >= 4 is 11.6 Å². The normalized spacial score (nSPS) is 11.6. The fourth-order valence-corrected chi connectivity index (χ4v) is 2.77. The molecule has 6 nitrogen and oxygen atoms in total. The number of aromatic hydroxyl groups is 1. The molecule has 3 aromatic rings. The molecule has 2 aromatic carbocycles. The standard InChI is InChI=1S/C22H23N3O3/c1-3-15(2)19-9-4-5-10-20(19)28-14-21(27)25-17-12-23-22(24-13-17)16-7-6-8-18(26)11-16/h4-13,15,26H,3,14H2,1-2H3,(H,25,27). The van der Waals surface area contributed by atoms with Gasteiger partial charge in [0.1, 0.15) is 11.5 Å². The predicted octanol–water partition coefficient (Wildman–Crippen LogP) is 4.38. The molecule has 0 aliphatic heterocycles. The Hall–Kier alpha value is -3.41. The molecule has 2 N–H and O–H groups in total. The lowest BCUT2D eigenvalue weighted by molar-refractivity contribution is -0.118. The molecule has 3 rings (SSSR count). The minimum atomic E-state index is -0.285. The summed E-state index contributed by atoms with van der Waals surface area (Å²) in [6.07, 6.45) is 4.05. The van der Waals surface area contributed by atoms with Gasteiger partial charge in [0, 0.05) is 5.56 Å². The van der Waals surface area contributed by atoms with Gasteiger partial charge in [0.15, 0.2) is 12.4 Å². The molecule has 6 heteroatoms. The number of phenols is 1. The summed E-state index contributed by atoms with van der Waals surface area (Å²) in [7, 11) is 0. The Kier molecular flexibility index (Phi) is 6.22. The lowest BCUT2D eigenvalue weighted by atomic mass is 9.98. The second kappa shape index (κ2) is 8.99. The Morgan fingerprint density at radius 2 is 1.89 bits per heavy atom. The van der Waals surface area contributed by atoms with Crippen LogP contribution < -0.4 is 10.1 Å². The number of carbonyl (C=O) groups excluding carboxylic acids is 1. The van der Waals surface area contributed by atoms with E-state index in [4.69, 9.17) is 4.74 Å². The van der Waals surface area contributed by atoms with E-state index in [1.807, 2.05) is 24.3 Å². The highest BCUT2D eigenvalue weighted by molar-refractivity contribution is 5.91. The SMILES string of the molecule is CCC(C)c1ccccc1OCC(=O)Nc1cnc(-c2cccc(O)c2)nc1. The minimum absolute atomic E-state index is 0.0955. The molecule has 0 aliphatic carbocycles. The van der Waals surface area contributed by atoms with E-state index in [2.05, 4.69) is 29.1 Å². The maximum absolute atomic E-state index is 12.2. The summed E-state index contributed by atoms with van der Waals surface area (Å²) in [5.74, 6) is 1.41. The summed E-state index contributed by atoms with van der Waals surface area (Å²) < 4.78 is 5.72. The highest BCUT2D eigenvalue weighted by Crippen LogP contribution is 2.28. The molecule has 1 amide bonds. The first-order valence-corrected chi connectivity index (χ1v) is 9.20. The number of hydrogen-bond acceptors (Lipinski definition) is 5. The number of anilines is 1. The average molecular weight is 377 g/mol. The lowest BCUT2D eigenvalue weighted by Crippen LogP contribution is -2.21. The van der Waals surface area contributed by atoms with Crippen molar-refractivity contribution in [3.63, 3.8) is 0 Å². The Labute approximate surface area is 164 Å². The monoisotopic (exact) mass is 377 g/mol. The van der Waals surface area contributed by atoms with Gasteiger partial charge < -0.3 is 15.2 Å². The zero-order chi connectivity index (χ0) is 19.9. The maximum atomic E-state index is 12.2. The number of carbonyl (C=O) groups is 1. The molecular weight excluding hydrogens is 354 g/mol. The van der Waals surface area contributed by atoms with E-state index in [1.54, 1.807) is 24.3 Å². The van der Waals surface area contributed by atoms with Gasteiger partial charge >= 0.3 is 0 Å². The third-order valence-electron chi connectivity index (χ3n) is 4.46. The lowest BCUT2D eigenvalue weighted by Gasteiger charge is -2.15. The first kappa shape index (κ1) is 19.4. The van der Waals surface area contributed by atoms with E-state index < -0.39 is 0 Å². The van der Waals surface area contributed by atoms with Crippen LogP contribution in [0.15, 0.2) is 60.9 Å². The first-order valence-electron chi connectivity index (χ1n) is 9.20. The van der Waals surface area contributed by atoms with E-state index in [0.29, 0.717) is 23.0 Å². The zero-order valence-electron chi connectivity index (χ0n) is 15.9. The van der Waals surface area contributed by atoms with Gasteiger partial charge in [-0.3, -0.25) is 4.79 Å². The fourth-order valence-electron chi connectivity index (χ4n) is 2.77. The zero-order valence-corrected chi connectivity index (χ0v) is 15.9. The number of aromatic nitrogens is 2. The molecule has 144 valence electrons. The van der Waals surface area contributed by atoms with Gasteiger partial charge in [-0.05, 0) is 36.1 Å². The molecule has 1 heterocycles. The van der Waals surface area contributed by atoms with Crippen LogP contribution in [0.1, 0.15) is 31.7 Å². The van der Waals surface area contributed by atoms with Crippen molar-refractivity contribution in [1.29, 1.82) is 0 Å². The molecule has 1 unspecified atom stereocenters. The van der Waals surface area contributed by atoms with Crippen molar-refractivity contribution in [1.82, 2.24) is 9.97 Å². The van der Waals surface area contributed by atoms with Crippen LogP contribution in [0.25, 0.3) is 11.4 Å². The largest absolute Gasteiger partial charge is 0.508 e. The number of amides is 1. The van der Waals surface area contributed by atoms with E-state index >= 15 is 0 Å². The van der Waals surface area contributed by atoms with Crippen LogP contribution >= 0.6 is 0 Å². The third-order valence-corrected chi connectivity index (χ3v) is 4.46. The predicted molar refractivity (Wildman–Crippen MR) is 108 cm³/mol. The van der Waals surface area contributed by atoms with Gasteiger partial charge in [-0.15, -0.1) is 0 Å². The quantitative estimate of drug-likeness (QED) is 0.638. The molecule has 0 fully saturated rings. The summed E-state index contributed by atoms with van der Waals surface area (Å²) in [5, 5.41) is 12.3. The van der Waals surface area contributed by atoms with Crippen LogP contribution in [0.2, 0.25) is 0 Å². The number of phenolic OH excluding ortho intramolecular Hbond substituents is 1. The van der Waals surface area contributed by atoms with Crippen molar-refractivity contribution in [2.75, 3.05) is 11.9 Å². The highest BCUT2D eigenvalue weighted by Gasteiger charge is 2.11. The van der Waals surface area contributed by atoms with Crippen LogP contribution in [-0.2, 0) is 4.79 Å². The van der Waals surface area contributed by atoms with Gasteiger partial charge in [-0.2, -0.15) is 0 Å². The van der Waals surface area contributed by atoms with Crippen molar-refractivity contribution < 1.29 is 14.6 Å². The molecule has 1 atom stereocenters. The number of hydrogen-bond donors (Lipinski definition) is 2. The molecule has 0 radical (unpaired) electrons. The van der Waals surface area contributed by atoms with Crippen LogP contribution in [0, 0.1) is 0 Å². The Morgan fingerprint density at radius 3 is 2.61 bits per heavy atom. The van der Waals surface area contributed by atoms with E-state index in [0.717, 1.165) is 17.7 Å². The van der Waals surface area contributed by atoms with Crippen molar-refractivity contribution in [3.8, 4) is 22.9 Å². The topological polar surface area (TPSA) is 84.3 Å². The Morgan fingerprint density at radius 1 is 1.14 bits per heavy atom. The van der Waals surface area contributed by atoms with Crippen molar-refractivity contribution in [2.45, 2.75) is 26.2 Å². The first-order chi connectivity index (χ1) is 13.6. The summed E-state index contributed by atoms with van der Waals surface area (Å²) in [6.45, 7) is 4.16. The molecule has 0 saturated heterocycles. The Bertz CT molecular complexity index is 942. The molecule has 0 bridgehead atoms. The summed E-state index contributed by atoms with van der Waals surface area (Å²) in [4.78, 5) is 20.7. The number of para-hydroxylation sites is 1. The average Bonchev–Trinajstić information content (AvgIpc) is 2.72. The second-order valence-corrected chi connectivity index (χ2v) is 6.53. The number of nitrogens with one attached hydrogen (secondary N) is 1. The van der Waals surface area contributed by atoms with E-state index in [1.165, 1.54) is 12.4 Å². The summed E-state index contributed by atoms with van der Waals surface area (Å²) in [6, 6.07) is 14.5. The number of benzene rings is 2. The van der Waals surface area contributed by atoms with Crippen LogP contribution in [0.4, 0.5) is 5.69 Å². The van der Waals surface area contributed by atoms with Crippen molar-refractivity contribution in [2.24, 2.45) is 0 Å². The highest BCUT2D eigenvalue weighted by atomic mass is 16.5. The summed E-state index contributed by atoms with van der Waals surface area (Å²) >= 11 is 0. The smallest absolute Gasteiger partial charge is 0.262 e. The molecular formula is C22H23N3O3. The molecule has 1 aromatic heterocycles. The van der Waals surface area contributed by atoms with Crippen LogP contribution in [0.5, 0.6) is 11.5 Å².